The third-order valence-electron chi connectivity index (χ3n) is 2.00. The zero-order valence-electron chi connectivity index (χ0n) is 9.65. The molecule has 0 saturated heterocycles. The summed E-state index contributed by atoms with van der Waals surface area (Å²) < 4.78 is 27.8. The van der Waals surface area contributed by atoms with E-state index < -0.39 is 21.7 Å². The fourth-order valence-electron chi connectivity index (χ4n) is 1.18. The third-order valence-corrected chi connectivity index (χ3v) is 3.92. The van der Waals surface area contributed by atoms with Crippen molar-refractivity contribution in [2.75, 3.05) is 18.1 Å². The first-order valence-corrected chi connectivity index (χ1v) is 7.12. The molecule has 0 aromatic carbocycles. The zero-order chi connectivity index (χ0) is 11.9. The normalized spacial score (nSPS) is 13.5. The molecule has 1 atom stereocenters. The van der Waals surface area contributed by atoms with Crippen LogP contribution >= 0.6 is 0 Å². The molecule has 90 valence electrons. The summed E-state index contributed by atoms with van der Waals surface area (Å²) in [7, 11) is -3.11. The average Bonchev–Trinajstić information content (AvgIpc) is 2.14. The summed E-state index contributed by atoms with van der Waals surface area (Å²) in [6.07, 6.45) is 1.49. The van der Waals surface area contributed by atoms with Crippen molar-refractivity contribution in [2.24, 2.45) is 5.92 Å². The Morgan fingerprint density at radius 1 is 1.33 bits per heavy atom. The van der Waals surface area contributed by atoms with Gasteiger partial charge in [0.15, 0.2) is 9.84 Å². The second-order valence-electron chi connectivity index (χ2n) is 3.62. The lowest BCUT2D eigenvalue weighted by Gasteiger charge is -2.10. The van der Waals surface area contributed by atoms with Crippen LogP contribution < -0.4 is 0 Å². The highest BCUT2D eigenvalue weighted by Gasteiger charge is 2.21. The molecule has 0 heterocycles. The lowest BCUT2D eigenvalue weighted by Crippen LogP contribution is -2.24. The van der Waals surface area contributed by atoms with Crippen LogP contribution in [0.3, 0.4) is 0 Å². The topological polar surface area (TPSA) is 60.4 Å². The van der Waals surface area contributed by atoms with Gasteiger partial charge in [0.25, 0.3) is 0 Å². The first-order valence-electron chi connectivity index (χ1n) is 5.30. The molecule has 15 heavy (non-hydrogen) atoms. The molecule has 0 spiro atoms. The van der Waals surface area contributed by atoms with E-state index in [1.54, 1.807) is 13.8 Å². The molecule has 4 nitrogen and oxygen atoms in total. The number of sulfone groups is 1. The van der Waals surface area contributed by atoms with Gasteiger partial charge in [0.05, 0.1) is 24.0 Å². The van der Waals surface area contributed by atoms with E-state index in [0.717, 1.165) is 6.42 Å². The monoisotopic (exact) mass is 236 g/mol. The van der Waals surface area contributed by atoms with E-state index >= 15 is 0 Å². The summed E-state index contributed by atoms with van der Waals surface area (Å²) in [5.41, 5.74) is 0. The molecule has 1 unspecified atom stereocenters. The number of hydrogen-bond acceptors (Lipinski definition) is 4. The third kappa shape index (κ3) is 6.49. The summed E-state index contributed by atoms with van der Waals surface area (Å²) in [5.74, 6) is -0.941. The van der Waals surface area contributed by atoms with Gasteiger partial charge in [0, 0.05) is 0 Å². The van der Waals surface area contributed by atoms with E-state index in [-0.39, 0.29) is 18.1 Å². The van der Waals surface area contributed by atoms with Crippen LogP contribution in [0.4, 0.5) is 0 Å². The molecule has 0 aliphatic heterocycles. The number of ether oxygens (including phenoxy) is 1. The predicted molar refractivity (Wildman–Crippen MR) is 59.4 cm³/mol. The highest BCUT2D eigenvalue weighted by atomic mass is 32.2. The Balaban J connectivity index is 4.15. The summed E-state index contributed by atoms with van der Waals surface area (Å²) in [5, 5.41) is 0. The van der Waals surface area contributed by atoms with Gasteiger partial charge in [-0.3, -0.25) is 4.79 Å². The van der Waals surface area contributed by atoms with Gasteiger partial charge in [-0.1, -0.05) is 20.3 Å². The molecular formula is C10H20O4S. The van der Waals surface area contributed by atoms with Crippen molar-refractivity contribution in [3.63, 3.8) is 0 Å². The maximum atomic E-state index is 11.5. The summed E-state index contributed by atoms with van der Waals surface area (Å²) in [6.45, 7) is 5.51. The Morgan fingerprint density at radius 3 is 2.40 bits per heavy atom. The Morgan fingerprint density at radius 2 is 1.93 bits per heavy atom. The molecule has 0 amide bonds. The van der Waals surface area contributed by atoms with Gasteiger partial charge in [0.2, 0.25) is 0 Å². The smallest absolute Gasteiger partial charge is 0.309 e. The zero-order valence-corrected chi connectivity index (χ0v) is 10.5. The second kappa shape index (κ2) is 6.82. The lowest BCUT2D eigenvalue weighted by atomic mass is 10.2. The van der Waals surface area contributed by atoms with Gasteiger partial charge in [0.1, 0.15) is 0 Å². The van der Waals surface area contributed by atoms with Gasteiger partial charge in [-0.2, -0.15) is 0 Å². The Bertz CT molecular complexity index is 282. The van der Waals surface area contributed by atoms with Crippen LogP contribution in [0.25, 0.3) is 0 Å². The van der Waals surface area contributed by atoms with Gasteiger partial charge in [-0.15, -0.1) is 0 Å². The van der Waals surface area contributed by atoms with Gasteiger partial charge in [-0.25, -0.2) is 8.42 Å². The highest BCUT2D eigenvalue weighted by Crippen LogP contribution is 2.06. The fourth-order valence-corrected chi connectivity index (χ4v) is 2.97. The largest absolute Gasteiger partial charge is 0.466 e. The lowest BCUT2D eigenvalue weighted by molar-refractivity contribution is -0.146. The van der Waals surface area contributed by atoms with Crippen molar-refractivity contribution >= 4 is 15.8 Å². The molecule has 5 heteroatoms. The molecule has 0 saturated carbocycles. The standard InChI is InChI=1S/C10H20O4S/c1-4-6-7-15(12,13)8-9(3)10(11)14-5-2/h9H,4-8H2,1-3H3. The molecule has 0 aromatic heterocycles. The van der Waals surface area contributed by atoms with Crippen LogP contribution in [0.1, 0.15) is 33.6 Å². The quantitative estimate of drug-likeness (QED) is 0.627. The highest BCUT2D eigenvalue weighted by molar-refractivity contribution is 7.91. The van der Waals surface area contributed by atoms with E-state index in [4.69, 9.17) is 4.74 Å². The number of carbonyl (C=O) groups excluding carboxylic acids is 1. The first kappa shape index (κ1) is 14.4. The molecule has 0 bridgehead atoms. The van der Waals surface area contributed by atoms with E-state index in [1.807, 2.05) is 6.92 Å². The Hall–Kier alpha value is -0.580. The fraction of sp³-hybridized carbons (Fsp3) is 0.900. The second-order valence-corrected chi connectivity index (χ2v) is 5.85. The van der Waals surface area contributed by atoms with Crippen LogP contribution in [0, 0.1) is 5.92 Å². The molecule has 0 aliphatic rings. The number of unbranched alkanes of at least 4 members (excludes halogenated alkanes) is 1. The molecule has 0 fully saturated rings. The maximum Gasteiger partial charge on any atom is 0.309 e. The Labute approximate surface area is 91.9 Å². The Kier molecular flexibility index (Phi) is 6.56. The predicted octanol–water partition coefficient (Wildman–Crippen LogP) is 1.40. The number of esters is 1. The van der Waals surface area contributed by atoms with Crippen LogP contribution in [0.5, 0.6) is 0 Å². The SMILES string of the molecule is CCCCS(=O)(=O)CC(C)C(=O)OCC. The summed E-state index contributed by atoms with van der Waals surface area (Å²) in [4.78, 5) is 11.2. The molecule has 0 aromatic rings. The minimum Gasteiger partial charge on any atom is -0.466 e. The van der Waals surface area contributed by atoms with Crippen LogP contribution in [0.15, 0.2) is 0 Å². The van der Waals surface area contributed by atoms with Crippen molar-refractivity contribution < 1.29 is 17.9 Å². The molecular weight excluding hydrogens is 216 g/mol. The number of rotatable bonds is 7. The molecule has 0 radical (unpaired) electrons. The van der Waals surface area contributed by atoms with Crippen LogP contribution in [0.2, 0.25) is 0 Å². The van der Waals surface area contributed by atoms with Crippen LogP contribution in [-0.2, 0) is 19.4 Å². The van der Waals surface area contributed by atoms with Crippen LogP contribution in [-0.4, -0.2) is 32.5 Å². The maximum absolute atomic E-state index is 11.5. The minimum absolute atomic E-state index is 0.105. The van der Waals surface area contributed by atoms with E-state index in [9.17, 15) is 13.2 Å². The molecule has 0 N–H and O–H groups in total. The van der Waals surface area contributed by atoms with E-state index in [1.165, 1.54) is 0 Å². The van der Waals surface area contributed by atoms with Gasteiger partial charge >= 0.3 is 5.97 Å². The van der Waals surface area contributed by atoms with Gasteiger partial charge in [-0.05, 0) is 13.3 Å². The molecule has 0 rings (SSSR count). The van der Waals surface area contributed by atoms with E-state index in [2.05, 4.69) is 0 Å². The van der Waals surface area contributed by atoms with Crippen molar-refractivity contribution in [1.82, 2.24) is 0 Å². The summed E-state index contributed by atoms with van der Waals surface area (Å²) in [6, 6.07) is 0. The van der Waals surface area contributed by atoms with Crippen molar-refractivity contribution in [1.29, 1.82) is 0 Å². The van der Waals surface area contributed by atoms with Gasteiger partial charge < -0.3 is 4.74 Å². The van der Waals surface area contributed by atoms with Crippen molar-refractivity contribution in [3.8, 4) is 0 Å². The number of carbonyl (C=O) groups is 1. The van der Waals surface area contributed by atoms with Crippen molar-refractivity contribution in [3.05, 3.63) is 0 Å². The molecule has 0 aliphatic carbocycles. The minimum atomic E-state index is -3.11. The van der Waals surface area contributed by atoms with E-state index in [0.29, 0.717) is 6.42 Å². The number of hydrogen-bond donors (Lipinski definition) is 0. The first-order chi connectivity index (χ1) is 6.93. The van der Waals surface area contributed by atoms with Crippen molar-refractivity contribution in [2.45, 2.75) is 33.6 Å². The summed E-state index contributed by atoms with van der Waals surface area (Å²) >= 11 is 0. The average molecular weight is 236 g/mol.